The van der Waals surface area contributed by atoms with Gasteiger partial charge in [0, 0.05) is 32.0 Å². The molecule has 3 aliphatic rings. The summed E-state index contributed by atoms with van der Waals surface area (Å²) >= 11 is 0. The van der Waals surface area contributed by atoms with Crippen molar-refractivity contribution in [3.63, 3.8) is 0 Å². The van der Waals surface area contributed by atoms with Crippen molar-refractivity contribution >= 4 is 33.2 Å². The fourth-order valence-corrected chi connectivity index (χ4v) is 7.50. The quantitative estimate of drug-likeness (QED) is 0.191. The van der Waals surface area contributed by atoms with E-state index in [0.29, 0.717) is 37.1 Å². The molecular formula is C31H41N5O8S. The molecule has 3 heterocycles. The van der Waals surface area contributed by atoms with E-state index < -0.39 is 34.4 Å². The third-order valence-electron chi connectivity index (χ3n) is 8.78. The van der Waals surface area contributed by atoms with Gasteiger partial charge < -0.3 is 34.4 Å². The summed E-state index contributed by atoms with van der Waals surface area (Å²) in [5, 5.41) is 18.7. The zero-order chi connectivity index (χ0) is 31.7. The number of oxazole rings is 1. The van der Waals surface area contributed by atoms with Gasteiger partial charge in [-0.1, -0.05) is 44.2 Å². The molecule has 45 heavy (non-hydrogen) atoms. The zero-order valence-electron chi connectivity index (χ0n) is 25.6. The van der Waals surface area contributed by atoms with Crippen LogP contribution in [0.2, 0.25) is 0 Å². The smallest absolute Gasteiger partial charge is 0.407 e. The van der Waals surface area contributed by atoms with Gasteiger partial charge in [-0.3, -0.25) is 0 Å². The standard InChI is InChI=1S/C31H41N5O8S/c1-18(2)11-12-36(35-45(39,40)20-9-10-26-24(14-20)33-30(32-3)43-26)16-25(37)23(13-19-7-5-4-6-8-19)34-31(38)44-28-22-17-41-29-21(22)15-27(28)42-29/h4-10,14,18,21-23,25,27-29,35,37H,11-13,15-17H2,1-3H3,(H,32,33)(H,34,38)/t21?,22?,23-,25+,27?,28?,29?/m0/s1. The second kappa shape index (κ2) is 13.2. The van der Waals surface area contributed by atoms with Gasteiger partial charge in [0.1, 0.15) is 11.6 Å². The number of aromatic nitrogens is 1. The highest BCUT2D eigenvalue weighted by atomic mass is 32.2. The van der Waals surface area contributed by atoms with Crippen LogP contribution in [0.25, 0.3) is 11.1 Å². The molecule has 1 aromatic heterocycles. The van der Waals surface area contributed by atoms with Crippen LogP contribution in [-0.4, -0.2) is 87.0 Å². The van der Waals surface area contributed by atoms with Crippen LogP contribution in [0, 0.1) is 17.8 Å². The average molecular weight is 644 g/mol. The van der Waals surface area contributed by atoms with Crippen molar-refractivity contribution in [3.05, 3.63) is 54.1 Å². The Balaban J connectivity index is 1.17. The highest BCUT2D eigenvalue weighted by molar-refractivity contribution is 7.89. The third-order valence-corrected chi connectivity index (χ3v) is 10.2. The lowest BCUT2D eigenvalue weighted by molar-refractivity contribution is -0.142. The van der Waals surface area contributed by atoms with Gasteiger partial charge in [0.15, 0.2) is 11.9 Å². The highest BCUT2D eigenvalue weighted by Crippen LogP contribution is 2.50. The van der Waals surface area contributed by atoms with Gasteiger partial charge in [0.05, 0.1) is 29.8 Å². The van der Waals surface area contributed by atoms with E-state index in [9.17, 15) is 18.3 Å². The first kappa shape index (κ1) is 31.7. The molecule has 13 nitrogen and oxygen atoms in total. The van der Waals surface area contributed by atoms with E-state index in [1.165, 1.54) is 17.1 Å². The number of carbonyl (C=O) groups is 1. The van der Waals surface area contributed by atoms with Crippen molar-refractivity contribution in [2.75, 3.05) is 32.1 Å². The maximum absolute atomic E-state index is 13.5. The molecule has 2 saturated heterocycles. The first-order valence-electron chi connectivity index (χ1n) is 15.4. The molecule has 2 bridgehead atoms. The first-order valence-corrected chi connectivity index (χ1v) is 16.9. The number of nitrogens with one attached hydrogen (secondary N) is 3. The largest absolute Gasteiger partial charge is 0.443 e. The minimum atomic E-state index is -4.05. The van der Waals surface area contributed by atoms with Crippen LogP contribution >= 0.6 is 0 Å². The molecule has 1 saturated carbocycles. The molecule has 4 N–H and O–H groups in total. The normalized spacial score (nSPS) is 25.2. The number of hydrogen-bond donors (Lipinski definition) is 4. The molecule has 7 atom stereocenters. The fourth-order valence-electron chi connectivity index (χ4n) is 6.37. The van der Waals surface area contributed by atoms with Crippen LogP contribution in [0.3, 0.4) is 0 Å². The second-order valence-electron chi connectivity index (χ2n) is 12.4. The summed E-state index contributed by atoms with van der Waals surface area (Å²) in [6.45, 7) is 4.81. The number of rotatable bonds is 14. The minimum Gasteiger partial charge on any atom is -0.443 e. The Kier molecular flexibility index (Phi) is 9.32. The Morgan fingerprint density at radius 1 is 1.18 bits per heavy atom. The molecular weight excluding hydrogens is 602 g/mol. The van der Waals surface area contributed by atoms with Gasteiger partial charge in [-0.25, -0.2) is 18.2 Å². The summed E-state index contributed by atoms with van der Waals surface area (Å²) in [5.74, 6) is 0.604. The Hall–Kier alpha value is -3.27. The SMILES string of the molecule is CNc1nc2cc(S(=O)(=O)NN(CCC(C)C)C[C@@H](O)[C@H](Cc3ccccc3)NC(=O)OC3C4CC5C(OCC53)O4)ccc2o1. The van der Waals surface area contributed by atoms with Crippen molar-refractivity contribution in [2.24, 2.45) is 17.8 Å². The number of nitrogens with zero attached hydrogens (tertiary/aromatic N) is 2. The highest BCUT2D eigenvalue weighted by Gasteiger charge is 2.60. The van der Waals surface area contributed by atoms with Crippen LogP contribution in [0.4, 0.5) is 10.8 Å². The number of ether oxygens (including phenoxy) is 3. The molecule has 0 radical (unpaired) electrons. The molecule has 3 aromatic rings. The van der Waals surface area contributed by atoms with Crippen molar-refractivity contribution in [1.29, 1.82) is 0 Å². The van der Waals surface area contributed by atoms with E-state index in [1.54, 1.807) is 13.1 Å². The molecule has 2 aliphatic heterocycles. The Bertz CT molecular complexity index is 1580. The van der Waals surface area contributed by atoms with Crippen LogP contribution in [0.5, 0.6) is 0 Å². The maximum Gasteiger partial charge on any atom is 0.407 e. The molecule has 0 spiro atoms. The third kappa shape index (κ3) is 7.11. The summed E-state index contributed by atoms with van der Waals surface area (Å²) in [7, 11) is -2.39. The summed E-state index contributed by atoms with van der Waals surface area (Å²) in [4.78, 5) is 20.1. The molecule has 1 aliphatic carbocycles. The van der Waals surface area contributed by atoms with Crippen molar-refractivity contribution in [3.8, 4) is 0 Å². The molecule has 2 aromatic carbocycles. The average Bonchev–Trinajstić information content (AvgIpc) is 3.76. The number of amides is 1. The van der Waals surface area contributed by atoms with Crippen molar-refractivity contribution < 1.29 is 36.9 Å². The predicted molar refractivity (Wildman–Crippen MR) is 164 cm³/mol. The van der Waals surface area contributed by atoms with Gasteiger partial charge in [0.2, 0.25) is 0 Å². The number of carbonyl (C=O) groups excluding carboxylic acids is 1. The molecule has 5 unspecified atom stereocenters. The van der Waals surface area contributed by atoms with E-state index in [2.05, 4.69) is 20.4 Å². The number of benzene rings is 2. The van der Waals surface area contributed by atoms with E-state index >= 15 is 0 Å². The number of hydrogen-bond acceptors (Lipinski definition) is 11. The summed E-state index contributed by atoms with van der Waals surface area (Å²) in [6.07, 6.45) is -0.859. The van der Waals surface area contributed by atoms with Gasteiger partial charge in [-0.15, -0.1) is 4.83 Å². The minimum absolute atomic E-state index is 0.00346. The maximum atomic E-state index is 13.5. The van der Waals surface area contributed by atoms with Gasteiger partial charge in [0.25, 0.3) is 16.0 Å². The van der Waals surface area contributed by atoms with Gasteiger partial charge >= 0.3 is 6.09 Å². The zero-order valence-corrected chi connectivity index (χ0v) is 26.4. The van der Waals surface area contributed by atoms with Crippen LogP contribution < -0.4 is 15.5 Å². The number of alkyl carbamates (subject to hydrolysis) is 1. The fraction of sp³-hybridized carbons (Fsp3) is 0.548. The second-order valence-corrected chi connectivity index (χ2v) is 14.1. The Morgan fingerprint density at radius 3 is 2.73 bits per heavy atom. The lowest BCUT2D eigenvalue weighted by Crippen LogP contribution is -2.54. The summed E-state index contributed by atoms with van der Waals surface area (Å²) in [6, 6.07) is 13.4. The lowest BCUT2D eigenvalue weighted by Gasteiger charge is -2.31. The van der Waals surface area contributed by atoms with Gasteiger partial charge in [-0.2, -0.15) is 4.98 Å². The van der Waals surface area contributed by atoms with E-state index in [-0.39, 0.29) is 47.6 Å². The molecule has 244 valence electrons. The van der Waals surface area contributed by atoms with Crippen molar-refractivity contribution in [1.82, 2.24) is 20.1 Å². The van der Waals surface area contributed by atoms with E-state index in [4.69, 9.17) is 18.6 Å². The topological polar surface area (TPSA) is 164 Å². The molecule has 3 fully saturated rings. The van der Waals surface area contributed by atoms with E-state index in [1.807, 2.05) is 44.2 Å². The summed E-state index contributed by atoms with van der Waals surface area (Å²) in [5.41, 5.74) is 1.74. The Morgan fingerprint density at radius 2 is 1.98 bits per heavy atom. The number of anilines is 1. The van der Waals surface area contributed by atoms with Gasteiger partial charge in [-0.05, 0) is 48.9 Å². The number of sulfonamides is 1. The monoisotopic (exact) mass is 643 g/mol. The first-order chi connectivity index (χ1) is 21.6. The summed E-state index contributed by atoms with van der Waals surface area (Å²) < 4.78 is 50.0. The van der Waals surface area contributed by atoms with Crippen LogP contribution in [0.15, 0.2) is 57.8 Å². The Labute approximate surface area is 262 Å². The molecule has 14 heteroatoms. The van der Waals surface area contributed by atoms with Crippen molar-refractivity contribution in [2.45, 2.75) is 68.6 Å². The number of fused-ring (bicyclic) bond motifs is 2. The van der Waals surface area contributed by atoms with Crippen LogP contribution in [-0.2, 0) is 30.7 Å². The molecule has 6 rings (SSSR count). The van der Waals surface area contributed by atoms with Crippen LogP contribution in [0.1, 0.15) is 32.3 Å². The van der Waals surface area contributed by atoms with E-state index in [0.717, 1.165) is 12.0 Å². The predicted octanol–water partition coefficient (Wildman–Crippen LogP) is 2.87. The lowest BCUT2D eigenvalue weighted by atomic mass is 9.97. The number of hydrazine groups is 1. The number of aliphatic hydroxyl groups is 1. The molecule has 1 amide bonds. The number of aliphatic hydroxyl groups excluding tert-OH is 1.